The van der Waals surface area contributed by atoms with Crippen LogP contribution in [0.15, 0.2) is 48.5 Å². The number of rotatable bonds is 6. The van der Waals surface area contributed by atoms with E-state index < -0.39 is 36.1 Å². The van der Waals surface area contributed by atoms with E-state index >= 15 is 0 Å². The lowest BCUT2D eigenvalue weighted by Crippen LogP contribution is -2.49. The monoisotopic (exact) mass is 475 g/mol. The number of aliphatic hydroxyl groups is 2. The van der Waals surface area contributed by atoms with Gasteiger partial charge in [-0.3, -0.25) is 9.59 Å². The van der Waals surface area contributed by atoms with Gasteiger partial charge in [0.05, 0.1) is 12.5 Å². The predicted octanol–water partition coefficient (Wildman–Crippen LogP) is 0.923. The summed E-state index contributed by atoms with van der Waals surface area (Å²) in [7, 11) is 0. The molecule has 182 valence electrons. The fourth-order valence-corrected chi connectivity index (χ4v) is 4.26. The van der Waals surface area contributed by atoms with Gasteiger partial charge in [0.15, 0.2) is 0 Å². The molecule has 0 unspecified atom stereocenters. The Bertz CT molecular complexity index is 1010. The van der Waals surface area contributed by atoms with Crippen LogP contribution in [0.2, 0.25) is 0 Å². The smallest absolute Gasteiger partial charge is 0.251 e. The van der Waals surface area contributed by atoms with Crippen LogP contribution >= 0.6 is 0 Å². The van der Waals surface area contributed by atoms with Crippen molar-refractivity contribution < 1.29 is 33.3 Å². The fourth-order valence-electron chi connectivity index (χ4n) is 4.26. The predicted molar refractivity (Wildman–Crippen MR) is 119 cm³/mol. The Morgan fingerprint density at radius 2 is 1.62 bits per heavy atom. The first kappa shape index (κ1) is 24.1. The zero-order valence-corrected chi connectivity index (χ0v) is 18.4. The maximum atomic E-state index is 13.3. The molecule has 0 radical (unpaired) electrons. The number of benzene rings is 2. The van der Waals surface area contributed by atoms with Crippen LogP contribution in [-0.2, 0) is 9.53 Å². The third-order valence-electron chi connectivity index (χ3n) is 6.21. The first-order chi connectivity index (χ1) is 16.3. The van der Waals surface area contributed by atoms with E-state index in [4.69, 9.17) is 4.74 Å². The van der Waals surface area contributed by atoms with Crippen molar-refractivity contribution in [1.82, 2.24) is 10.2 Å². The van der Waals surface area contributed by atoms with E-state index in [0.29, 0.717) is 26.2 Å². The molecule has 2 heterocycles. The summed E-state index contributed by atoms with van der Waals surface area (Å²) in [4.78, 5) is 28.7. The van der Waals surface area contributed by atoms with Gasteiger partial charge in [-0.25, -0.2) is 8.78 Å². The summed E-state index contributed by atoms with van der Waals surface area (Å²) in [5.41, 5.74) is 1.01. The fraction of sp³-hybridized carbons (Fsp3) is 0.417. The molecule has 2 saturated heterocycles. The maximum Gasteiger partial charge on any atom is 0.251 e. The number of carbonyl (C=O) groups excluding carboxylic acids is 2. The van der Waals surface area contributed by atoms with Gasteiger partial charge in [0.2, 0.25) is 5.91 Å². The van der Waals surface area contributed by atoms with Crippen molar-refractivity contribution in [2.75, 3.05) is 37.6 Å². The number of nitrogens with zero attached hydrogens (tertiary/aromatic N) is 2. The summed E-state index contributed by atoms with van der Waals surface area (Å²) >= 11 is 0. The van der Waals surface area contributed by atoms with E-state index in [0.717, 1.165) is 11.8 Å². The summed E-state index contributed by atoms with van der Waals surface area (Å²) in [6, 6.07) is 11.4. The van der Waals surface area contributed by atoms with Gasteiger partial charge in [0.25, 0.3) is 5.91 Å². The Morgan fingerprint density at radius 3 is 2.29 bits per heavy atom. The minimum atomic E-state index is -1.28. The Labute approximate surface area is 195 Å². The van der Waals surface area contributed by atoms with Crippen LogP contribution in [0.3, 0.4) is 0 Å². The molecule has 34 heavy (non-hydrogen) atoms. The maximum absolute atomic E-state index is 13.3. The molecule has 3 N–H and O–H groups in total. The molecule has 2 aliphatic heterocycles. The van der Waals surface area contributed by atoms with Crippen molar-refractivity contribution in [3.8, 4) is 0 Å². The lowest BCUT2D eigenvalue weighted by Gasteiger charge is -2.36. The van der Waals surface area contributed by atoms with Crippen LogP contribution in [0.1, 0.15) is 16.8 Å². The van der Waals surface area contributed by atoms with Crippen molar-refractivity contribution in [1.29, 1.82) is 0 Å². The number of ether oxygens (including phenoxy) is 1. The highest BCUT2D eigenvalue weighted by Crippen LogP contribution is 2.25. The zero-order valence-electron chi connectivity index (χ0n) is 18.4. The van der Waals surface area contributed by atoms with E-state index in [1.807, 2.05) is 0 Å². The molecule has 0 spiro atoms. The zero-order chi connectivity index (χ0) is 24.2. The van der Waals surface area contributed by atoms with E-state index in [-0.39, 0.29) is 30.3 Å². The second-order valence-electron chi connectivity index (χ2n) is 8.46. The third kappa shape index (κ3) is 5.52. The molecule has 10 heteroatoms. The Kier molecular flexibility index (Phi) is 7.40. The number of hydrogen-bond donors (Lipinski definition) is 3. The third-order valence-corrected chi connectivity index (χ3v) is 6.21. The molecule has 2 aromatic carbocycles. The minimum absolute atomic E-state index is 0.103. The summed E-state index contributed by atoms with van der Waals surface area (Å²) in [5, 5.41) is 23.2. The number of anilines is 1. The number of nitrogens with one attached hydrogen (secondary N) is 1. The summed E-state index contributed by atoms with van der Waals surface area (Å²) < 4.78 is 32.1. The number of aliphatic hydroxyl groups excluding tert-OH is 2. The molecular formula is C24H27F2N3O5. The molecule has 2 fully saturated rings. The van der Waals surface area contributed by atoms with Crippen LogP contribution in [0.4, 0.5) is 14.5 Å². The SMILES string of the molecule is O=C(NC[C@@H]1O[C@@H](CC(=O)N2CCN(c3ccc(F)cc3)CC2)[C@H](O)[C@@H]1O)c1cccc(F)c1. The first-order valence-electron chi connectivity index (χ1n) is 11.2. The normalized spacial score (nSPS) is 24.8. The van der Waals surface area contributed by atoms with E-state index in [1.54, 1.807) is 17.0 Å². The molecule has 0 aliphatic carbocycles. The highest BCUT2D eigenvalue weighted by molar-refractivity contribution is 5.94. The van der Waals surface area contributed by atoms with Crippen molar-refractivity contribution in [3.05, 3.63) is 65.7 Å². The van der Waals surface area contributed by atoms with E-state index in [9.17, 15) is 28.6 Å². The quantitative estimate of drug-likeness (QED) is 0.575. The van der Waals surface area contributed by atoms with Gasteiger partial charge < -0.3 is 30.1 Å². The second kappa shape index (κ2) is 10.5. The molecule has 4 atom stereocenters. The molecule has 2 aromatic rings. The molecular weight excluding hydrogens is 448 g/mol. The largest absolute Gasteiger partial charge is 0.388 e. The number of halogens is 2. The average molecular weight is 475 g/mol. The molecule has 2 aliphatic rings. The highest BCUT2D eigenvalue weighted by atomic mass is 19.1. The van der Waals surface area contributed by atoms with Gasteiger partial charge in [-0.1, -0.05) is 6.07 Å². The highest BCUT2D eigenvalue weighted by Gasteiger charge is 2.44. The molecule has 0 bridgehead atoms. The number of hydrogen-bond acceptors (Lipinski definition) is 6. The molecule has 2 amide bonds. The Hall–Kier alpha value is -3.08. The molecule has 8 nitrogen and oxygen atoms in total. The standard InChI is InChI=1S/C24H27F2N3O5/c25-16-4-6-18(7-5-16)28-8-10-29(11-9-28)21(30)13-19-22(31)23(32)20(34-19)14-27-24(33)15-2-1-3-17(26)12-15/h1-7,12,19-20,22-23,31-32H,8-11,13-14H2,(H,27,33)/t19-,20-,22-,23+/m0/s1. The van der Waals surface area contributed by atoms with Crippen molar-refractivity contribution >= 4 is 17.5 Å². The van der Waals surface area contributed by atoms with Crippen molar-refractivity contribution in [2.24, 2.45) is 0 Å². The number of piperazine rings is 1. The van der Waals surface area contributed by atoms with Crippen LogP contribution < -0.4 is 10.2 Å². The average Bonchev–Trinajstić information content (AvgIpc) is 3.11. The molecule has 0 aromatic heterocycles. The van der Waals surface area contributed by atoms with Crippen LogP contribution in [0, 0.1) is 11.6 Å². The Morgan fingerprint density at radius 1 is 0.941 bits per heavy atom. The Balaban J connectivity index is 1.25. The first-order valence-corrected chi connectivity index (χ1v) is 11.2. The lowest BCUT2D eigenvalue weighted by molar-refractivity contribution is -0.135. The van der Waals surface area contributed by atoms with Gasteiger partial charge in [-0.2, -0.15) is 0 Å². The second-order valence-corrected chi connectivity index (χ2v) is 8.46. The van der Waals surface area contributed by atoms with Gasteiger partial charge in [0.1, 0.15) is 29.9 Å². The lowest BCUT2D eigenvalue weighted by atomic mass is 10.0. The summed E-state index contributed by atoms with van der Waals surface area (Å²) in [6.45, 7) is 2.00. The summed E-state index contributed by atoms with van der Waals surface area (Å²) in [6.07, 6.45) is -4.47. The molecule has 0 saturated carbocycles. The van der Waals surface area contributed by atoms with Crippen molar-refractivity contribution in [3.63, 3.8) is 0 Å². The minimum Gasteiger partial charge on any atom is -0.388 e. The number of amides is 2. The number of carbonyl (C=O) groups is 2. The van der Waals surface area contributed by atoms with Gasteiger partial charge in [-0.05, 0) is 42.5 Å². The van der Waals surface area contributed by atoms with Crippen molar-refractivity contribution in [2.45, 2.75) is 30.8 Å². The topological polar surface area (TPSA) is 102 Å². The van der Waals surface area contributed by atoms with E-state index in [2.05, 4.69) is 10.2 Å². The van der Waals surface area contributed by atoms with Gasteiger partial charge in [-0.15, -0.1) is 0 Å². The van der Waals surface area contributed by atoms with Gasteiger partial charge >= 0.3 is 0 Å². The van der Waals surface area contributed by atoms with E-state index in [1.165, 1.54) is 30.3 Å². The van der Waals surface area contributed by atoms with Gasteiger partial charge in [0, 0.05) is 44.0 Å². The van der Waals surface area contributed by atoms with Crippen LogP contribution in [-0.4, -0.2) is 84.1 Å². The molecule has 4 rings (SSSR count). The van der Waals surface area contributed by atoms with Crippen LogP contribution in [0.25, 0.3) is 0 Å². The summed E-state index contributed by atoms with van der Waals surface area (Å²) in [5.74, 6) is -1.60. The van der Waals surface area contributed by atoms with Crippen LogP contribution in [0.5, 0.6) is 0 Å².